The quantitative estimate of drug-likeness (QED) is 0.736. The number of aryl methyl sites for hydroxylation is 1. The van der Waals surface area contributed by atoms with Gasteiger partial charge in [-0.25, -0.2) is 4.98 Å². The van der Waals surface area contributed by atoms with Crippen LogP contribution in [-0.2, 0) is 23.0 Å². The van der Waals surface area contributed by atoms with Gasteiger partial charge in [0.25, 0.3) is 0 Å². The second-order valence-electron chi connectivity index (χ2n) is 7.65. The number of nitrogens with zero attached hydrogens (tertiary/aromatic N) is 2. The first-order chi connectivity index (χ1) is 10.4. The van der Waals surface area contributed by atoms with Crippen molar-refractivity contribution < 1.29 is 16.5 Å². The van der Waals surface area contributed by atoms with E-state index in [0.29, 0.717) is 0 Å². The lowest BCUT2D eigenvalue weighted by atomic mass is 10.5. The van der Waals surface area contributed by atoms with Crippen molar-refractivity contribution in [3.05, 3.63) is 18.7 Å². The van der Waals surface area contributed by atoms with E-state index in [9.17, 15) is 0 Å². The van der Waals surface area contributed by atoms with Crippen LogP contribution in [0, 0.1) is 0 Å². The molecule has 132 valence electrons. The molecular weight excluding hydrogens is 360 g/mol. The summed E-state index contributed by atoms with van der Waals surface area (Å²) in [6.07, 6.45) is 6.65. The van der Waals surface area contributed by atoms with Gasteiger partial charge in [-0.3, -0.25) is 0 Å². The molecule has 6 nitrogen and oxygen atoms in total. The number of hydrogen-bond acceptors (Lipinski definition) is 5. The van der Waals surface area contributed by atoms with Crippen molar-refractivity contribution in [1.29, 1.82) is 0 Å². The molecule has 0 aliphatic carbocycles. The van der Waals surface area contributed by atoms with Crippen LogP contribution in [0.15, 0.2) is 18.7 Å². The molecule has 1 aromatic rings. The zero-order valence-electron chi connectivity index (χ0n) is 15.4. The fourth-order valence-electron chi connectivity index (χ4n) is 3.41. The van der Waals surface area contributed by atoms with Crippen LogP contribution in [0.1, 0.15) is 6.42 Å². The zero-order chi connectivity index (χ0) is 17.4. The van der Waals surface area contributed by atoms with Crippen molar-refractivity contribution in [1.82, 2.24) is 9.55 Å². The molecule has 10 heteroatoms. The largest absolute Gasteiger partial charge is 0.416 e. The summed E-state index contributed by atoms with van der Waals surface area (Å²) < 4.78 is 27.9. The molecule has 1 aromatic heterocycles. The molecular formula is C13H30N2O4Si4. The number of aromatic nitrogens is 2. The fourth-order valence-corrected chi connectivity index (χ4v) is 25.0. The summed E-state index contributed by atoms with van der Waals surface area (Å²) in [6.45, 7) is 15.7. The maximum absolute atomic E-state index is 6.55. The summed E-state index contributed by atoms with van der Waals surface area (Å²) >= 11 is 0. The van der Waals surface area contributed by atoms with Gasteiger partial charge in [0.05, 0.1) is 6.33 Å². The molecule has 0 aromatic carbocycles. The van der Waals surface area contributed by atoms with Crippen molar-refractivity contribution in [2.24, 2.45) is 0 Å². The Kier molecular flexibility index (Phi) is 5.58. The maximum Gasteiger partial charge on any atom is 0.317 e. The van der Waals surface area contributed by atoms with Crippen molar-refractivity contribution in [2.45, 2.75) is 64.8 Å². The molecule has 1 fully saturated rings. The highest BCUT2D eigenvalue weighted by Crippen LogP contribution is 2.32. The standard InChI is InChI=1S/C13H30N2O4Si4/c1-20(2)16-21(3,4)18-23(7,19-22(5,6)17-20)12-8-10-15-11-9-14-13-15/h9,11,13H,8,10,12H2,1-7H3. The van der Waals surface area contributed by atoms with E-state index >= 15 is 0 Å². The summed E-state index contributed by atoms with van der Waals surface area (Å²) in [7, 11) is -9.01. The molecule has 1 aliphatic heterocycles. The molecule has 0 saturated carbocycles. The van der Waals surface area contributed by atoms with E-state index in [-0.39, 0.29) is 0 Å². The van der Waals surface area contributed by atoms with Crippen LogP contribution < -0.4 is 0 Å². The lowest BCUT2D eigenvalue weighted by Gasteiger charge is -2.47. The van der Waals surface area contributed by atoms with E-state index in [0.717, 1.165) is 19.0 Å². The van der Waals surface area contributed by atoms with E-state index in [2.05, 4.69) is 55.4 Å². The molecule has 0 atom stereocenters. The van der Waals surface area contributed by atoms with Crippen LogP contribution in [0.5, 0.6) is 0 Å². The van der Waals surface area contributed by atoms with Crippen LogP contribution >= 0.6 is 0 Å². The minimum atomic E-state index is -2.32. The van der Waals surface area contributed by atoms with Crippen LogP contribution in [0.25, 0.3) is 0 Å². The van der Waals surface area contributed by atoms with Gasteiger partial charge in [-0.1, -0.05) is 0 Å². The predicted octanol–water partition coefficient (Wildman–Crippen LogP) is 3.53. The Morgan fingerprint density at radius 1 is 0.826 bits per heavy atom. The SMILES string of the molecule is C[Si]1(C)O[Si](C)(C)O[Si](C)(CCCn2ccnc2)O[Si](C)(C)O1. The summed E-state index contributed by atoms with van der Waals surface area (Å²) in [4.78, 5) is 4.08. The molecule has 2 rings (SSSR count). The van der Waals surface area contributed by atoms with Crippen LogP contribution in [0.4, 0.5) is 0 Å². The minimum absolute atomic E-state index is 0.932. The van der Waals surface area contributed by atoms with Crippen molar-refractivity contribution in [3.8, 4) is 0 Å². The van der Waals surface area contributed by atoms with Crippen LogP contribution in [-0.4, -0.2) is 43.8 Å². The van der Waals surface area contributed by atoms with Gasteiger partial charge in [0.2, 0.25) is 0 Å². The summed E-state index contributed by atoms with van der Waals surface area (Å²) in [5, 5.41) is 0. The minimum Gasteiger partial charge on any atom is -0.416 e. The Bertz CT molecular complexity index is 500. The Morgan fingerprint density at radius 3 is 1.83 bits per heavy atom. The van der Waals surface area contributed by atoms with E-state index in [1.54, 1.807) is 0 Å². The van der Waals surface area contributed by atoms with Gasteiger partial charge in [0, 0.05) is 18.9 Å². The third-order valence-electron chi connectivity index (χ3n) is 3.51. The second kappa shape index (κ2) is 6.67. The summed E-state index contributed by atoms with van der Waals surface area (Å²) in [6, 6.07) is 0.937. The fraction of sp³-hybridized carbons (Fsp3) is 0.769. The molecule has 2 heterocycles. The molecule has 0 spiro atoms. The number of imidazole rings is 1. The highest BCUT2D eigenvalue weighted by Gasteiger charge is 2.52. The number of hydrogen-bond donors (Lipinski definition) is 0. The van der Waals surface area contributed by atoms with Crippen molar-refractivity contribution >= 4 is 34.2 Å². The first-order valence-electron chi connectivity index (χ1n) is 8.17. The van der Waals surface area contributed by atoms with Gasteiger partial charge in [-0.2, -0.15) is 0 Å². The van der Waals surface area contributed by atoms with Gasteiger partial charge in [0.1, 0.15) is 0 Å². The third-order valence-corrected chi connectivity index (χ3v) is 20.0. The van der Waals surface area contributed by atoms with Gasteiger partial charge in [-0.05, 0) is 58.3 Å². The Morgan fingerprint density at radius 2 is 1.35 bits per heavy atom. The lowest BCUT2D eigenvalue weighted by molar-refractivity contribution is 0.233. The van der Waals surface area contributed by atoms with Crippen LogP contribution in [0.2, 0.25) is 51.9 Å². The normalized spacial score (nSPS) is 25.5. The van der Waals surface area contributed by atoms with Crippen LogP contribution in [0.3, 0.4) is 0 Å². The molecule has 23 heavy (non-hydrogen) atoms. The molecule has 0 amide bonds. The van der Waals surface area contributed by atoms with Gasteiger partial charge < -0.3 is 21.0 Å². The molecule has 0 radical (unpaired) electrons. The van der Waals surface area contributed by atoms with Gasteiger partial charge in [0.15, 0.2) is 0 Å². The zero-order valence-corrected chi connectivity index (χ0v) is 19.4. The molecule has 0 N–H and O–H groups in total. The van der Waals surface area contributed by atoms with E-state index in [1.807, 2.05) is 18.7 Å². The molecule has 1 aliphatic rings. The first kappa shape index (κ1) is 19.2. The average Bonchev–Trinajstić information content (AvgIpc) is 2.74. The summed E-state index contributed by atoms with van der Waals surface area (Å²) in [5.41, 5.74) is 0. The van der Waals surface area contributed by atoms with Crippen molar-refractivity contribution in [3.63, 3.8) is 0 Å². The Balaban J connectivity index is 2.08. The summed E-state index contributed by atoms with van der Waals surface area (Å²) in [5.74, 6) is 0. The predicted molar refractivity (Wildman–Crippen MR) is 100 cm³/mol. The molecule has 0 bridgehead atoms. The third kappa shape index (κ3) is 6.05. The van der Waals surface area contributed by atoms with E-state index in [1.165, 1.54) is 0 Å². The lowest BCUT2D eigenvalue weighted by Crippen LogP contribution is -2.65. The first-order valence-corrected chi connectivity index (χ1v) is 19.1. The Labute approximate surface area is 144 Å². The average molecular weight is 391 g/mol. The highest BCUT2D eigenvalue weighted by atomic mass is 28.5. The topological polar surface area (TPSA) is 54.7 Å². The Hall–Kier alpha value is -0.0825. The monoisotopic (exact) mass is 390 g/mol. The highest BCUT2D eigenvalue weighted by molar-refractivity contribution is 6.93. The smallest absolute Gasteiger partial charge is 0.317 e. The molecule has 1 saturated heterocycles. The van der Waals surface area contributed by atoms with Gasteiger partial charge in [-0.15, -0.1) is 0 Å². The molecule has 0 unspecified atom stereocenters. The number of rotatable bonds is 4. The van der Waals surface area contributed by atoms with E-state index < -0.39 is 34.2 Å². The second-order valence-corrected chi connectivity index (χ2v) is 22.1. The van der Waals surface area contributed by atoms with Crippen molar-refractivity contribution in [2.75, 3.05) is 0 Å². The van der Waals surface area contributed by atoms with Gasteiger partial charge >= 0.3 is 34.2 Å². The van der Waals surface area contributed by atoms with E-state index in [4.69, 9.17) is 16.5 Å². The maximum atomic E-state index is 6.55.